The summed E-state index contributed by atoms with van der Waals surface area (Å²) < 4.78 is 16.3. The van der Waals surface area contributed by atoms with Gasteiger partial charge in [0.15, 0.2) is 17.5 Å². The van der Waals surface area contributed by atoms with E-state index in [0.29, 0.717) is 6.79 Å². The molecule has 1 aromatic carbocycles. The first kappa shape index (κ1) is 18.8. The maximum atomic E-state index is 5.45. The predicted molar refractivity (Wildman–Crippen MR) is 103 cm³/mol. The largest absolute Gasteiger partial charge is 0.454 e. The minimum Gasteiger partial charge on any atom is -0.454 e. The van der Waals surface area contributed by atoms with Gasteiger partial charge in [-0.05, 0) is 56.2 Å². The number of hydrogen-bond acceptors (Lipinski definition) is 4. The first-order chi connectivity index (χ1) is 12.8. The summed E-state index contributed by atoms with van der Waals surface area (Å²) in [6.07, 6.45) is 4.46. The lowest BCUT2D eigenvalue weighted by molar-refractivity contribution is 0.0625. The van der Waals surface area contributed by atoms with Gasteiger partial charge in [0, 0.05) is 39.9 Å². The zero-order chi connectivity index (χ0) is 18.2. The molecule has 0 amide bonds. The predicted octanol–water partition coefficient (Wildman–Crippen LogP) is 2.67. The highest BCUT2D eigenvalue weighted by molar-refractivity contribution is 5.79. The Labute approximate surface area is 156 Å². The van der Waals surface area contributed by atoms with Crippen LogP contribution in [-0.2, 0) is 11.2 Å². The summed E-state index contributed by atoms with van der Waals surface area (Å²) in [5, 5.41) is 3.40. The Hall–Kier alpha value is -1.95. The molecule has 0 spiro atoms. The molecule has 6 nitrogen and oxygen atoms in total. The molecule has 0 aromatic heterocycles. The second kappa shape index (κ2) is 9.67. The molecule has 144 valence electrons. The van der Waals surface area contributed by atoms with E-state index in [1.165, 1.54) is 24.8 Å². The third-order valence-electron chi connectivity index (χ3n) is 5.01. The van der Waals surface area contributed by atoms with Crippen molar-refractivity contribution in [2.24, 2.45) is 10.9 Å². The smallest absolute Gasteiger partial charge is 0.231 e. The number of aliphatic imine (C=N–C) groups is 1. The van der Waals surface area contributed by atoms with Crippen LogP contribution in [0.2, 0.25) is 0 Å². The van der Waals surface area contributed by atoms with Crippen LogP contribution in [0.15, 0.2) is 23.2 Å². The molecule has 0 saturated carbocycles. The van der Waals surface area contributed by atoms with Gasteiger partial charge in [-0.2, -0.15) is 0 Å². The van der Waals surface area contributed by atoms with Crippen molar-refractivity contribution in [1.29, 1.82) is 0 Å². The number of rotatable bonds is 7. The molecule has 1 fully saturated rings. The zero-order valence-electron chi connectivity index (χ0n) is 16.0. The van der Waals surface area contributed by atoms with E-state index in [1.54, 1.807) is 0 Å². The van der Waals surface area contributed by atoms with Crippen molar-refractivity contribution in [1.82, 2.24) is 10.2 Å². The van der Waals surface area contributed by atoms with Crippen molar-refractivity contribution >= 4 is 5.96 Å². The number of nitrogens with zero attached hydrogens (tertiary/aromatic N) is 2. The first-order valence-corrected chi connectivity index (χ1v) is 9.72. The normalized spacial score (nSPS) is 17.4. The van der Waals surface area contributed by atoms with Crippen molar-refractivity contribution in [2.75, 3.05) is 46.7 Å². The lowest BCUT2D eigenvalue weighted by Gasteiger charge is -2.26. The molecule has 0 bridgehead atoms. The van der Waals surface area contributed by atoms with Crippen molar-refractivity contribution in [3.63, 3.8) is 0 Å². The third-order valence-corrected chi connectivity index (χ3v) is 5.01. The number of fused-ring (bicyclic) bond motifs is 1. The van der Waals surface area contributed by atoms with Gasteiger partial charge >= 0.3 is 0 Å². The summed E-state index contributed by atoms with van der Waals surface area (Å²) in [5.74, 6) is 3.44. The maximum absolute atomic E-state index is 5.45. The van der Waals surface area contributed by atoms with E-state index >= 15 is 0 Å². The van der Waals surface area contributed by atoms with Gasteiger partial charge in [0.1, 0.15) is 0 Å². The van der Waals surface area contributed by atoms with Gasteiger partial charge < -0.3 is 24.4 Å². The van der Waals surface area contributed by atoms with Crippen molar-refractivity contribution in [3.05, 3.63) is 23.8 Å². The van der Waals surface area contributed by atoms with Crippen molar-refractivity contribution in [3.8, 4) is 11.5 Å². The van der Waals surface area contributed by atoms with E-state index in [4.69, 9.17) is 19.2 Å². The Kier molecular flexibility index (Phi) is 7.00. The average molecular weight is 361 g/mol. The highest BCUT2D eigenvalue weighted by Crippen LogP contribution is 2.32. The van der Waals surface area contributed by atoms with E-state index < -0.39 is 0 Å². The fourth-order valence-corrected chi connectivity index (χ4v) is 3.37. The summed E-state index contributed by atoms with van der Waals surface area (Å²) in [7, 11) is 2.13. The van der Waals surface area contributed by atoms with Gasteiger partial charge in [-0.25, -0.2) is 0 Å². The SMILES string of the molecule is CCNC(=NCCc1ccc2c(c1)OCO2)N(C)CCC1CCOCC1. The van der Waals surface area contributed by atoms with Crippen LogP contribution >= 0.6 is 0 Å². The van der Waals surface area contributed by atoms with Crippen LogP contribution in [0.25, 0.3) is 0 Å². The number of ether oxygens (including phenoxy) is 3. The Bertz CT molecular complexity index is 600. The second-order valence-electron chi connectivity index (χ2n) is 6.94. The van der Waals surface area contributed by atoms with Gasteiger partial charge in [-0.15, -0.1) is 0 Å². The van der Waals surface area contributed by atoms with Crippen molar-refractivity contribution < 1.29 is 14.2 Å². The molecule has 1 N–H and O–H groups in total. The van der Waals surface area contributed by atoms with Crippen molar-refractivity contribution in [2.45, 2.75) is 32.6 Å². The Morgan fingerprint density at radius 3 is 2.85 bits per heavy atom. The summed E-state index contributed by atoms with van der Waals surface area (Å²) >= 11 is 0. The van der Waals surface area contributed by atoms with Gasteiger partial charge in [-0.3, -0.25) is 4.99 Å². The summed E-state index contributed by atoms with van der Waals surface area (Å²) in [5.41, 5.74) is 1.22. The molecular formula is C20H31N3O3. The number of guanidine groups is 1. The molecule has 2 aliphatic rings. The molecule has 0 radical (unpaired) electrons. The summed E-state index contributed by atoms with van der Waals surface area (Å²) in [4.78, 5) is 7.05. The van der Waals surface area contributed by atoms with Crippen LogP contribution in [0.3, 0.4) is 0 Å². The van der Waals surface area contributed by atoms with Crippen LogP contribution in [0.1, 0.15) is 31.7 Å². The van der Waals surface area contributed by atoms with E-state index in [0.717, 1.165) is 62.6 Å². The topological polar surface area (TPSA) is 55.3 Å². The molecule has 0 unspecified atom stereocenters. The highest BCUT2D eigenvalue weighted by atomic mass is 16.7. The molecule has 3 rings (SSSR count). The second-order valence-corrected chi connectivity index (χ2v) is 6.94. The number of benzene rings is 1. The van der Waals surface area contributed by atoms with Crippen LogP contribution in [-0.4, -0.2) is 57.5 Å². The fourth-order valence-electron chi connectivity index (χ4n) is 3.37. The lowest BCUT2D eigenvalue weighted by Crippen LogP contribution is -2.40. The molecule has 0 aliphatic carbocycles. The molecule has 2 aliphatic heterocycles. The van der Waals surface area contributed by atoms with Gasteiger partial charge in [0.05, 0.1) is 0 Å². The molecule has 2 heterocycles. The van der Waals surface area contributed by atoms with Crippen LogP contribution < -0.4 is 14.8 Å². The standard InChI is InChI=1S/C20H31N3O3/c1-3-21-20(23(2)11-7-16-8-12-24-13-9-16)22-10-6-17-4-5-18-19(14-17)26-15-25-18/h4-5,14,16H,3,6-13,15H2,1-2H3,(H,21,22). The van der Waals surface area contributed by atoms with E-state index in [2.05, 4.69) is 36.3 Å². The fraction of sp³-hybridized carbons (Fsp3) is 0.650. The average Bonchev–Trinajstić information content (AvgIpc) is 3.14. The number of hydrogen-bond donors (Lipinski definition) is 1. The van der Waals surface area contributed by atoms with E-state index in [9.17, 15) is 0 Å². The molecule has 1 saturated heterocycles. The van der Waals surface area contributed by atoms with Gasteiger partial charge in [0.2, 0.25) is 6.79 Å². The minimum atomic E-state index is 0.319. The quantitative estimate of drug-likeness (QED) is 0.598. The molecule has 6 heteroatoms. The lowest BCUT2D eigenvalue weighted by atomic mass is 9.96. The number of nitrogens with one attached hydrogen (secondary N) is 1. The van der Waals surface area contributed by atoms with Gasteiger partial charge in [0.25, 0.3) is 0 Å². The van der Waals surface area contributed by atoms with E-state index in [1.807, 2.05) is 6.07 Å². The van der Waals surface area contributed by atoms with Crippen LogP contribution in [0.5, 0.6) is 11.5 Å². The minimum absolute atomic E-state index is 0.319. The van der Waals surface area contributed by atoms with Crippen LogP contribution in [0, 0.1) is 5.92 Å². The zero-order valence-corrected chi connectivity index (χ0v) is 16.0. The first-order valence-electron chi connectivity index (χ1n) is 9.72. The Morgan fingerprint density at radius 2 is 2.04 bits per heavy atom. The summed E-state index contributed by atoms with van der Waals surface area (Å²) in [6.45, 7) is 6.92. The molecular weight excluding hydrogens is 330 g/mol. The Balaban J connectivity index is 1.49. The molecule has 26 heavy (non-hydrogen) atoms. The van der Waals surface area contributed by atoms with E-state index in [-0.39, 0.29) is 0 Å². The molecule has 1 aromatic rings. The molecule has 0 atom stereocenters. The highest BCUT2D eigenvalue weighted by Gasteiger charge is 2.16. The Morgan fingerprint density at radius 1 is 1.23 bits per heavy atom. The summed E-state index contributed by atoms with van der Waals surface area (Å²) in [6, 6.07) is 6.12. The maximum Gasteiger partial charge on any atom is 0.231 e. The van der Waals surface area contributed by atoms with Crippen LogP contribution in [0.4, 0.5) is 0 Å². The monoisotopic (exact) mass is 361 g/mol. The third kappa shape index (κ3) is 5.27. The van der Waals surface area contributed by atoms with Gasteiger partial charge in [-0.1, -0.05) is 6.07 Å².